The third-order valence-electron chi connectivity index (χ3n) is 1.12. The molecule has 0 amide bonds. The number of rotatable bonds is 5. The fourth-order valence-electron chi connectivity index (χ4n) is 0.447. The number of hydrogen-bond acceptors (Lipinski definition) is 4. The Hall–Kier alpha value is -0.350. The summed E-state index contributed by atoms with van der Waals surface area (Å²) < 4.78 is 0. The van der Waals surface area contributed by atoms with Crippen LogP contribution < -0.4 is 5.73 Å². The number of nitrogens with two attached hydrogens (primary N) is 1. The summed E-state index contributed by atoms with van der Waals surface area (Å²) in [7, 11) is 0. The van der Waals surface area contributed by atoms with Crippen molar-refractivity contribution >= 4 is 23.3 Å². The predicted molar refractivity (Wildman–Crippen MR) is 46.7 cm³/mol. The molecule has 0 radical (unpaired) electrons. The van der Waals surface area contributed by atoms with Gasteiger partial charge in [-0.05, 0) is 13.8 Å². The van der Waals surface area contributed by atoms with Crippen molar-refractivity contribution in [1.29, 1.82) is 0 Å². The fourth-order valence-corrected chi connectivity index (χ4v) is 1.34. The molecule has 11 heavy (non-hydrogen) atoms. The number of carbonyl (C=O) groups excluding carboxylic acids is 2. The van der Waals surface area contributed by atoms with Crippen molar-refractivity contribution in [2.45, 2.75) is 19.9 Å². The first-order chi connectivity index (χ1) is 5.04. The van der Waals surface area contributed by atoms with E-state index in [0.29, 0.717) is 11.5 Å². The highest BCUT2D eigenvalue weighted by atomic mass is 32.2. The summed E-state index contributed by atoms with van der Waals surface area (Å²) in [4.78, 5) is 21.0. The molecule has 0 aliphatic heterocycles. The summed E-state index contributed by atoms with van der Waals surface area (Å²) in [5.41, 5.74) is 5.42. The van der Waals surface area contributed by atoms with Gasteiger partial charge in [0, 0.05) is 5.75 Å². The van der Waals surface area contributed by atoms with Crippen molar-refractivity contribution in [3.05, 3.63) is 0 Å². The molecular weight excluding hydrogens is 162 g/mol. The summed E-state index contributed by atoms with van der Waals surface area (Å²) in [5.74, 6) is 1.07. The Balaban J connectivity index is 3.39. The van der Waals surface area contributed by atoms with Crippen LogP contribution in [0.1, 0.15) is 13.8 Å². The van der Waals surface area contributed by atoms with Crippen LogP contribution in [0.3, 0.4) is 0 Å². The Bertz CT molecular complexity index is 159. The van der Waals surface area contributed by atoms with Crippen molar-refractivity contribution in [2.75, 3.05) is 11.5 Å². The van der Waals surface area contributed by atoms with E-state index in [-0.39, 0.29) is 11.6 Å². The quantitative estimate of drug-likeness (QED) is 0.649. The number of hydrogen-bond donors (Lipinski definition) is 1. The molecule has 0 aromatic carbocycles. The average molecular weight is 175 g/mol. The van der Waals surface area contributed by atoms with Crippen molar-refractivity contribution in [3.8, 4) is 0 Å². The lowest BCUT2D eigenvalue weighted by atomic mass is 10.3. The van der Waals surface area contributed by atoms with E-state index in [0.717, 1.165) is 0 Å². The van der Waals surface area contributed by atoms with Gasteiger partial charge in [0.05, 0.1) is 11.8 Å². The summed E-state index contributed by atoms with van der Waals surface area (Å²) in [6.07, 6.45) is 0. The topological polar surface area (TPSA) is 60.2 Å². The first kappa shape index (κ1) is 10.7. The van der Waals surface area contributed by atoms with Gasteiger partial charge in [0.25, 0.3) is 0 Å². The minimum Gasteiger partial charge on any atom is -0.321 e. The maximum atomic E-state index is 10.6. The number of thioether (sulfide) groups is 1. The second kappa shape index (κ2) is 5.32. The van der Waals surface area contributed by atoms with Crippen molar-refractivity contribution in [3.63, 3.8) is 0 Å². The van der Waals surface area contributed by atoms with Gasteiger partial charge in [0.2, 0.25) is 0 Å². The molecule has 0 saturated carbocycles. The molecule has 0 heterocycles. The van der Waals surface area contributed by atoms with Crippen LogP contribution >= 0.6 is 11.8 Å². The molecule has 2 N–H and O–H groups in total. The Labute approximate surface area is 70.7 Å². The second-order valence-corrected chi connectivity index (χ2v) is 3.46. The van der Waals surface area contributed by atoms with Crippen LogP contribution in [0.15, 0.2) is 0 Å². The third-order valence-corrected chi connectivity index (χ3v) is 2.33. The standard InChI is InChI=1S/C7H13NO2S/c1-5(9)3-11-4-7(8)6(2)10/h7H,3-4,8H2,1-2H3/t7-/m0/s1. The lowest BCUT2D eigenvalue weighted by Crippen LogP contribution is -2.31. The smallest absolute Gasteiger partial charge is 0.147 e. The molecule has 1 atom stereocenters. The molecule has 0 rings (SSSR count). The van der Waals surface area contributed by atoms with Crippen LogP contribution in [0.5, 0.6) is 0 Å². The van der Waals surface area contributed by atoms with E-state index in [4.69, 9.17) is 5.73 Å². The molecular formula is C7H13NO2S. The minimum atomic E-state index is -0.417. The van der Waals surface area contributed by atoms with E-state index < -0.39 is 6.04 Å². The molecule has 0 aromatic rings. The first-order valence-corrected chi connectivity index (χ1v) is 4.52. The summed E-state index contributed by atoms with van der Waals surface area (Å²) in [6.45, 7) is 2.98. The minimum absolute atomic E-state index is 0.0268. The maximum absolute atomic E-state index is 10.6. The van der Waals surface area contributed by atoms with Crippen molar-refractivity contribution in [1.82, 2.24) is 0 Å². The Morgan fingerprint density at radius 1 is 1.45 bits per heavy atom. The Kier molecular flexibility index (Phi) is 5.15. The molecule has 0 spiro atoms. The third kappa shape index (κ3) is 6.06. The van der Waals surface area contributed by atoms with Crippen LogP contribution in [0.2, 0.25) is 0 Å². The van der Waals surface area contributed by atoms with E-state index in [2.05, 4.69) is 0 Å². The summed E-state index contributed by atoms with van der Waals surface area (Å²) >= 11 is 1.40. The van der Waals surface area contributed by atoms with E-state index in [1.54, 1.807) is 0 Å². The normalized spacial score (nSPS) is 12.6. The van der Waals surface area contributed by atoms with Gasteiger partial charge in [0.1, 0.15) is 11.6 Å². The van der Waals surface area contributed by atoms with Gasteiger partial charge in [-0.2, -0.15) is 11.8 Å². The monoisotopic (exact) mass is 175 g/mol. The Morgan fingerprint density at radius 3 is 2.36 bits per heavy atom. The SMILES string of the molecule is CC(=O)CSC[C@H](N)C(C)=O. The molecule has 0 aliphatic rings. The van der Waals surface area contributed by atoms with E-state index in [9.17, 15) is 9.59 Å². The summed E-state index contributed by atoms with van der Waals surface area (Å²) in [6, 6.07) is -0.417. The highest BCUT2D eigenvalue weighted by Crippen LogP contribution is 2.01. The van der Waals surface area contributed by atoms with E-state index in [1.807, 2.05) is 0 Å². The zero-order valence-corrected chi connectivity index (χ0v) is 7.61. The zero-order chi connectivity index (χ0) is 8.85. The molecule has 4 heteroatoms. The summed E-state index contributed by atoms with van der Waals surface area (Å²) in [5, 5.41) is 0. The molecule has 0 unspecified atom stereocenters. The van der Waals surface area contributed by atoms with Gasteiger partial charge >= 0.3 is 0 Å². The predicted octanol–water partition coefficient (Wildman–Crippen LogP) is 0.225. The first-order valence-electron chi connectivity index (χ1n) is 3.37. The highest BCUT2D eigenvalue weighted by Gasteiger charge is 2.07. The maximum Gasteiger partial charge on any atom is 0.147 e. The lowest BCUT2D eigenvalue weighted by Gasteiger charge is -2.04. The van der Waals surface area contributed by atoms with Crippen molar-refractivity contribution < 1.29 is 9.59 Å². The zero-order valence-electron chi connectivity index (χ0n) is 6.79. The van der Waals surface area contributed by atoms with E-state index in [1.165, 1.54) is 25.6 Å². The van der Waals surface area contributed by atoms with Crippen LogP contribution in [-0.2, 0) is 9.59 Å². The van der Waals surface area contributed by atoms with Crippen LogP contribution in [0, 0.1) is 0 Å². The largest absolute Gasteiger partial charge is 0.321 e. The van der Waals surface area contributed by atoms with Gasteiger partial charge in [-0.15, -0.1) is 0 Å². The van der Waals surface area contributed by atoms with E-state index >= 15 is 0 Å². The number of ketones is 2. The van der Waals surface area contributed by atoms with Crippen LogP contribution in [0.25, 0.3) is 0 Å². The molecule has 0 fully saturated rings. The number of carbonyl (C=O) groups is 2. The lowest BCUT2D eigenvalue weighted by molar-refractivity contribution is -0.118. The Morgan fingerprint density at radius 2 is 2.00 bits per heavy atom. The molecule has 0 saturated heterocycles. The second-order valence-electron chi connectivity index (χ2n) is 2.43. The molecule has 0 aliphatic carbocycles. The van der Waals surface area contributed by atoms with Gasteiger partial charge in [0.15, 0.2) is 0 Å². The van der Waals surface area contributed by atoms with Gasteiger partial charge < -0.3 is 5.73 Å². The van der Waals surface area contributed by atoms with Gasteiger partial charge in [-0.3, -0.25) is 9.59 Å². The van der Waals surface area contributed by atoms with Gasteiger partial charge in [-0.25, -0.2) is 0 Å². The number of Topliss-reactive ketones (excluding diaryl/α,β-unsaturated/α-hetero) is 2. The fraction of sp³-hybridized carbons (Fsp3) is 0.714. The highest BCUT2D eigenvalue weighted by molar-refractivity contribution is 8.00. The van der Waals surface area contributed by atoms with Crippen LogP contribution in [0.4, 0.5) is 0 Å². The van der Waals surface area contributed by atoms with Crippen LogP contribution in [-0.4, -0.2) is 29.1 Å². The average Bonchev–Trinajstić information content (AvgIpc) is 1.86. The van der Waals surface area contributed by atoms with Gasteiger partial charge in [-0.1, -0.05) is 0 Å². The molecule has 64 valence electrons. The van der Waals surface area contributed by atoms with Crippen molar-refractivity contribution in [2.24, 2.45) is 5.73 Å². The molecule has 0 bridgehead atoms. The molecule has 3 nitrogen and oxygen atoms in total. The molecule has 0 aromatic heterocycles.